The first kappa shape index (κ1) is 13.9. The van der Waals surface area contributed by atoms with Crippen LogP contribution >= 0.6 is 11.8 Å². The number of nitrogens with zero attached hydrogens (tertiary/aromatic N) is 1. The van der Waals surface area contributed by atoms with Gasteiger partial charge in [-0.3, -0.25) is 4.98 Å². The number of pyridine rings is 1. The predicted molar refractivity (Wildman–Crippen MR) is 79.9 cm³/mol. The van der Waals surface area contributed by atoms with E-state index in [0.717, 1.165) is 35.0 Å². The Labute approximate surface area is 118 Å². The lowest BCUT2D eigenvalue weighted by atomic mass is 10.2. The first-order chi connectivity index (χ1) is 9.35. The number of ether oxygens (including phenoxy) is 1. The van der Waals surface area contributed by atoms with E-state index in [2.05, 4.69) is 23.3 Å². The highest BCUT2D eigenvalue weighted by molar-refractivity contribution is 7.98. The zero-order valence-electron chi connectivity index (χ0n) is 11.2. The van der Waals surface area contributed by atoms with E-state index in [1.54, 1.807) is 18.0 Å². The third-order valence-corrected chi connectivity index (χ3v) is 3.49. The van der Waals surface area contributed by atoms with Crippen molar-refractivity contribution in [3.05, 3.63) is 48.3 Å². The maximum absolute atomic E-state index is 6.03. The smallest absolute Gasteiger partial charge is 0.140 e. The fourth-order valence-corrected chi connectivity index (χ4v) is 2.25. The van der Waals surface area contributed by atoms with Gasteiger partial charge in [0.05, 0.1) is 0 Å². The molecule has 0 amide bonds. The van der Waals surface area contributed by atoms with Crippen LogP contribution in [0, 0.1) is 0 Å². The molecule has 1 aromatic heterocycles. The van der Waals surface area contributed by atoms with Crippen LogP contribution in [0.1, 0.15) is 12.5 Å². The number of rotatable bonds is 6. The molecular formula is C15H18N2OS. The number of hydrogen-bond acceptors (Lipinski definition) is 4. The SMILES string of the molecule is CCNCc1cnccc1Oc1ccccc1SC. The van der Waals surface area contributed by atoms with Crippen molar-refractivity contribution in [2.75, 3.05) is 12.8 Å². The van der Waals surface area contributed by atoms with E-state index in [9.17, 15) is 0 Å². The summed E-state index contributed by atoms with van der Waals surface area (Å²) in [4.78, 5) is 5.29. The van der Waals surface area contributed by atoms with Crippen molar-refractivity contribution in [2.24, 2.45) is 0 Å². The summed E-state index contributed by atoms with van der Waals surface area (Å²) in [7, 11) is 0. The predicted octanol–water partition coefficient (Wildman–Crippen LogP) is 3.71. The minimum absolute atomic E-state index is 0.765. The van der Waals surface area contributed by atoms with Crippen LogP contribution in [-0.4, -0.2) is 17.8 Å². The maximum atomic E-state index is 6.03. The topological polar surface area (TPSA) is 34.2 Å². The molecule has 0 saturated carbocycles. The molecule has 0 radical (unpaired) electrons. The van der Waals surface area contributed by atoms with E-state index in [-0.39, 0.29) is 0 Å². The lowest BCUT2D eigenvalue weighted by Crippen LogP contribution is -2.12. The third kappa shape index (κ3) is 3.72. The molecule has 0 bridgehead atoms. The Kier molecular flexibility index (Phi) is 5.24. The number of hydrogen-bond donors (Lipinski definition) is 1. The molecule has 3 nitrogen and oxygen atoms in total. The molecular weight excluding hydrogens is 256 g/mol. The van der Waals surface area contributed by atoms with E-state index >= 15 is 0 Å². The largest absolute Gasteiger partial charge is 0.456 e. The highest BCUT2D eigenvalue weighted by atomic mass is 32.2. The van der Waals surface area contributed by atoms with Crippen LogP contribution in [0.3, 0.4) is 0 Å². The van der Waals surface area contributed by atoms with Crippen LogP contribution in [0.15, 0.2) is 47.6 Å². The highest BCUT2D eigenvalue weighted by Gasteiger charge is 2.07. The second kappa shape index (κ2) is 7.16. The summed E-state index contributed by atoms with van der Waals surface area (Å²) in [5, 5.41) is 3.29. The summed E-state index contributed by atoms with van der Waals surface area (Å²) in [5.74, 6) is 1.75. The van der Waals surface area contributed by atoms with Crippen LogP contribution in [0.25, 0.3) is 0 Å². The minimum atomic E-state index is 0.765. The van der Waals surface area contributed by atoms with Gasteiger partial charge in [0.25, 0.3) is 0 Å². The van der Waals surface area contributed by atoms with Gasteiger partial charge in [0, 0.05) is 29.4 Å². The van der Waals surface area contributed by atoms with E-state index in [1.165, 1.54) is 0 Å². The Hall–Kier alpha value is -1.52. The van der Waals surface area contributed by atoms with Gasteiger partial charge in [0.1, 0.15) is 11.5 Å². The Morgan fingerprint density at radius 3 is 2.84 bits per heavy atom. The number of thioether (sulfide) groups is 1. The van der Waals surface area contributed by atoms with Gasteiger partial charge in [-0.05, 0) is 31.0 Å². The molecule has 0 spiro atoms. The molecule has 2 rings (SSSR count). The molecule has 4 heteroatoms. The van der Waals surface area contributed by atoms with E-state index in [1.807, 2.05) is 36.7 Å². The van der Waals surface area contributed by atoms with E-state index in [0.29, 0.717) is 0 Å². The van der Waals surface area contributed by atoms with Crippen LogP contribution in [-0.2, 0) is 6.54 Å². The number of nitrogens with one attached hydrogen (secondary N) is 1. The van der Waals surface area contributed by atoms with Crippen LogP contribution in [0.2, 0.25) is 0 Å². The molecule has 100 valence electrons. The fraction of sp³-hybridized carbons (Fsp3) is 0.267. The standard InChI is InChI=1S/C15H18N2OS/c1-3-16-10-12-11-17-9-8-13(12)18-14-6-4-5-7-15(14)19-2/h4-9,11,16H,3,10H2,1-2H3. The van der Waals surface area contributed by atoms with Crippen molar-refractivity contribution in [3.63, 3.8) is 0 Å². The molecule has 0 atom stereocenters. The molecule has 0 aliphatic rings. The summed E-state index contributed by atoms with van der Waals surface area (Å²) in [6, 6.07) is 9.96. The van der Waals surface area contributed by atoms with Gasteiger partial charge < -0.3 is 10.1 Å². The summed E-state index contributed by atoms with van der Waals surface area (Å²) < 4.78 is 6.03. The fourth-order valence-electron chi connectivity index (χ4n) is 1.73. The van der Waals surface area contributed by atoms with Gasteiger partial charge in [-0.15, -0.1) is 11.8 Å². The molecule has 2 aromatic rings. The molecule has 19 heavy (non-hydrogen) atoms. The van der Waals surface area contributed by atoms with Crippen LogP contribution in [0.5, 0.6) is 11.5 Å². The third-order valence-electron chi connectivity index (χ3n) is 2.71. The average Bonchev–Trinajstić information content (AvgIpc) is 2.47. The second-order valence-corrected chi connectivity index (χ2v) is 4.86. The average molecular weight is 274 g/mol. The summed E-state index contributed by atoms with van der Waals surface area (Å²) in [5.41, 5.74) is 1.07. The number of para-hydroxylation sites is 1. The molecule has 0 aliphatic heterocycles. The number of aromatic nitrogens is 1. The lowest BCUT2D eigenvalue weighted by Gasteiger charge is -2.13. The molecule has 1 aromatic carbocycles. The van der Waals surface area contributed by atoms with E-state index in [4.69, 9.17) is 4.74 Å². The molecule has 1 N–H and O–H groups in total. The lowest BCUT2D eigenvalue weighted by molar-refractivity contribution is 0.461. The van der Waals surface area contributed by atoms with Crippen molar-refractivity contribution >= 4 is 11.8 Å². The Balaban J connectivity index is 2.22. The van der Waals surface area contributed by atoms with Gasteiger partial charge in [-0.2, -0.15) is 0 Å². The molecule has 0 unspecified atom stereocenters. The maximum Gasteiger partial charge on any atom is 0.140 e. The Morgan fingerprint density at radius 1 is 1.21 bits per heavy atom. The monoisotopic (exact) mass is 274 g/mol. The first-order valence-corrected chi connectivity index (χ1v) is 7.52. The highest BCUT2D eigenvalue weighted by Crippen LogP contribution is 2.32. The van der Waals surface area contributed by atoms with Crippen molar-refractivity contribution in [1.82, 2.24) is 10.3 Å². The molecule has 0 saturated heterocycles. The van der Waals surface area contributed by atoms with E-state index < -0.39 is 0 Å². The first-order valence-electron chi connectivity index (χ1n) is 6.29. The minimum Gasteiger partial charge on any atom is -0.456 e. The molecule has 1 heterocycles. The van der Waals surface area contributed by atoms with Gasteiger partial charge in [-0.1, -0.05) is 19.1 Å². The second-order valence-electron chi connectivity index (χ2n) is 4.02. The summed E-state index contributed by atoms with van der Waals surface area (Å²) in [6.45, 7) is 3.77. The Bertz CT molecular complexity index is 531. The zero-order valence-corrected chi connectivity index (χ0v) is 12.0. The Morgan fingerprint density at radius 2 is 2.05 bits per heavy atom. The normalized spacial score (nSPS) is 10.4. The number of benzene rings is 1. The van der Waals surface area contributed by atoms with Crippen molar-refractivity contribution in [2.45, 2.75) is 18.4 Å². The zero-order chi connectivity index (χ0) is 13.5. The molecule has 0 fully saturated rings. The van der Waals surface area contributed by atoms with Gasteiger partial charge in [-0.25, -0.2) is 0 Å². The van der Waals surface area contributed by atoms with Crippen molar-refractivity contribution < 1.29 is 4.74 Å². The summed E-state index contributed by atoms with van der Waals surface area (Å²) >= 11 is 1.68. The van der Waals surface area contributed by atoms with Crippen LogP contribution < -0.4 is 10.1 Å². The quantitative estimate of drug-likeness (QED) is 0.814. The van der Waals surface area contributed by atoms with Crippen molar-refractivity contribution in [3.8, 4) is 11.5 Å². The summed E-state index contributed by atoms with van der Waals surface area (Å²) in [6.07, 6.45) is 5.65. The van der Waals surface area contributed by atoms with Gasteiger partial charge >= 0.3 is 0 Å². The van der Waals surface area contributed by atoms with Crippen LogP contribution in [0.4, 0.5) is 0 Å². The van der Waals surface area contributed by atoms with Gasteiger partial charge in [0.15, 0.2) is 0 Å². The van der Waals surface area contributed by atoms with Crippen molar-refractivity contribution in [1.29, 1.82) is 0 Å². The van der Waals surface area contributed by atoms with Gasteiger partial charge in [0.2, 0.25) is 0 Å². The molecule has 0 aliphatic carbocycles.